The quantitative estimate of drug-likeness (QED) is 0.377. The number of hydrogen-bond donors (Lipinski definition) is 2. The predicted octanol–water partition coefficient (Wildman–Crippen LogP) is 4.58. The molecule has 31 heavy (non-hydrogen) atoms. The van der Waals surface area contributed by atoms with Gasteiger partial charge in [0.25, 0.3) is 21.6 Å². The molecule has 1 atom stereocenters. The first-order valence-electron chi connectivity index (χ1n) is 9.39. The largest absolute Gasteiger partial charge is 0.344 e. The van der Waals surface area contributed by atoms with Gasteiger partial charge in [0.05, 0.1) is 15.9 Å². The number of hydrogen-bond acceptors (Lipinski definition) is 6. The van der Waals surface area contributed by atoms with Crippen LogP contribution in [0.25, 0.3) is 0 Å². The maximum atomic E-state index is 12.7. The molecule has 1 unspecified atom stereocenters. The molecule has 1 heterocycles. The standard InChI is InChI=1S/C21H21N3O5S2/c1-14(2)20(19-7-4-12-30-19)22-21(25)15-8-10-16(11-9-15)23-31(28,29)18-6-3-5-17(13-18)24(26)27/h3-14,20,23H,1-2H3,(H,22,25). The third-order valence-corrected chi connectivity index (χ3v) is 6.88. The Bertz CT molecular complexity index is 1170. The molecule has 0 radical (unpaired) electrons. The van der Waals surface area contributed by atoms with Crippen molar-refractivity contribution in [2.45, 2.75) is 24.8 Å². The minimum Gasteiger partial charge on any atom is -0.344 e. The number of carbonyl (C=O) groups excluding carboxylic acids is 1. The number of nitrogens with zero attached hydrogens (tertiary/aromatic N) is 1. The predicted molar refractivity (Wildman–Crippen MR) is 120 cm³/mol. The normalized spacial score (nSPS) is 12.4. The van der Waals surface area contributed by atoms with Crippen molar-refractivity contribution in [1.29, 1.82) is 0 Å². The lowest BCUT2D eigenvalue weighted by molar-refractivity contribution is -0.385. The van der Waals surface area contributed by atoms with E-state index in [-0.39, 0.29) is 34.1 Å². The van der Waals surface area contributed by atoms with E-state index in [2.05, 4.69) is 10.0 Å². The van der Waals surface area contributed by atoms with Crippen LogP contribution in [0.15, 0.2) is 70.9 Å². The van der Waals surface area contributed by atoms with Crippen molar-refractivity contribution in [2.75, 3.05) is 4.72 Å². The van der Waals surface area contributed by atoms with Crippen LogP contribution in [0.1, 0.15) is 35.1 Å². The maximum absolute atomic E-state index is 12.7. The summed E-state index contributed by atoms with van der Waals surface area (Å²) in [5, 5.41) is 15.9. The fraction of sp³-hybridized carbons (Fsp3) is 0.190. The Hall–Kier alpha value is -3.24. The van der Waals surface area contributed by atoms with Gasteiger partial charge in [0.1, 0.15) is 0 Å². The average Bonchev–Trinajstić information content (AvgIpc) is 3.26. The second-order valence-corrected chi connectivity index (χ2v) is 9.81. The summed E-state index contributed by atoms with van der Waals surface area (Å²) >= 11 is 1.57. The number of non-ortho nitro benzene ring substituents is 1. The van der Waals surface area contributed by atoms with E-state index in [9.17, 15) is 23.3 Å². The summed E-state index contributed by atoms with van der Waals surface area (Å²) in [6.45, 7) is 4.05. The zero-order valence-electron chi connectivity index (χ0n) is 16.8. The molecule has 0 aliphatic heterocycles. The molecule has 3 aromatic rings. The van der Waals surface area contributed by atoms with E-state index in [1.54, 1.807) is 11.3 Å². The lowest BCUT2D eigenvalue weighted by Gasteiger charge is -2.21. The number of nitro benzene ring substituents is 1. The van der Waals surface area contributed by atoms with E-state index in [4.69, 9.17) is 0 Å². The second-order valence-electron chi connectivity index (χ2n) is 7.15. The number of carbonyl (C=O) groups is 1. The molecule has 1 aromatic heterocycles. The topological polar surface area (TPSA) is 118 Å². The fourth-order valence-electron chi connectivity index (χ4n) is 2.93. The summed E-state index contributed by atoms with van der Waals surface area (Å²) in [5.41, 5.74) is 0.308. The van der Waals surface area contributed by atoms with Gasteiger partial charge >= 0.3 is 0 Å². The van der Waals surface area contributed by atoms with Crippen molar-refractivity contribution in [3.8, 4) is 0 Å². The first-order chi connectivity index (χ1) is 14.7. The van der Waals surface area contributed by atoms with Crippen molar-refractivity contribution >= 4 is 38.6 Å². The lowest BCUT2D eigenvalue weighted by Crippen LogP contribution is -2.31. The Labute approximate surface area is 184 Å². The molecule has 1 amide bonds. The summed E-state index contributed by atoms with van der Waals surface area (Å²) in [7, 11) is -4.02. The van der Waals surface area contributed by atoms with Crippen molar-refractivity contribution in [3.63, 3.8) is 0 Å². The molecular weight excluding hydrogens is 438 g/mol. The Kier molecular flexibility index (Phi) is 6.71. The zero-order valence-corrected chi connectivity index (χ0v) is 18.4. The van der Waals surface area contributed by atoms with Crippen LogP contribution in [0.5, 0.6) is 0 Å². The Balaban J connectivity index is 1.73. The van der Waals surface area contributed by atoms with Gasteiger partial charge in [0.2, 0.25) is 0 Å². The molecule has 0 fully saturated rings. The van der Waals surface area contributed by atoms with E-state index in [1.165, 1.54) is 42.5 Å². The summed E-state index contributed by atoms with van der Waals surface area (Å²) in [5.74, 6) is -0.0659. The number of thiophene rings is 1. The van der Waals surface area contributed by atoms with Crippen LogP contribution in [0.3, 0.4) is 0 Å². The van der Waals surface area contributed by atoms with Crippen molar-refractivity contribution < 1.29 is 18.1 Å². The number of amides is 1. The van der Waals surface area contributed by atoms with Crippen molar-refractivity contribution in [3.05, 3.63) is 86.6 Å². The molecule has 0 saturated carbocycles. The molecule has 0 saturated heterocycles. The van der Waals surface area contributed by atoms with Crippen LogP contribution >= 0.6 is 11.3 Å². The number of rotatable bonds is 8. The van der Waals surface area contributed by atoms with E-state index in [0.717, 1.165) is 10.9 Å². The van der Waals surface area contributed by atoms with Crippen molar-refractivity contribution in [1.82, 2.24) is 5.32 Å². The SMILES string of the molecule is CC(C)C(NC(=O)c1ccc(NS(=O)(=O)c2cccc([N+](=O)[O-])c2)cc1)c1cccs1. The van der Waals surface area contributed by atoms with Gasteiger partial charge in [-0.3, -0.25) is 19.6 Å². The number of sulfonamides is 1. The van der Waals surface area contributed by atoms with Crippen LogP contribution < -0.4 is 10.0 Å². The molecule has 0 aliphatic rings. The summed E-state index contributed by atoms with van der Waals surface area (Å²) in [4.78, 5) is 23.7. The summed E-state index contributed by atoms with van der Waals surface area (Å²) in [6, 6.07) is 14.5. The highest BCUT2D eigenvalue weighted by molar-refractivity contribution is 7.92. The van der Waals surface area contributed by atoms with E-state index >= 15 is 0 Å². The number of nitro groups is 1. The molecule has 0 aliphatic carbocycles. The Morgan fingerprint density at radius 3 is 2.35 bits per heavy atom. The minimum absolute atomic E-state index is 0.125. The van der Waals surface area contributed by atoms with Gasteiger partial charge in [-0.25, -0.2) is 8.42 Å². The van der Waals surface area contributed by atoms with Gasteiger partial charge < -0.3 is 5.32 Å². The molecule has 0 spiro atoms. The van der Waals surface area contributed by atoms with Gasteiger partial charge in [-0.2, -0.15) is 0 Å². The molecule has 2 aromatic carbocycles. The van der Waals surface area contributed by atoms with Crippen LogP contribution in [-0.2, 0) is 10.0 Å². The van der Waals surface area contributed by atoms with E-state index < -0.39 is 14.9 Å². The van der Waals surface area contributed by atoms with Crippen LogP contribution in [0.4, 0.5) is 11.4 Å². The van der Waals surface area contributed by atoms with Gasteiger partial charge in [-0.15, -0.1) is 11.3 Å². The van der Waals surface area contributed by atoms with Crippen LogP contribution in [0, 0.1) is 16.0 Å². The minimum atomic E-state index is -4.02. The van der Waals surface area contributed by atoms with E-state index in [0.29, 0.717) is 5.56 Å². The van der Waals surface area contributed by atoms with Crippen LogP contribution in [-0.4, -0.2) is 19.2 Å². The summed E-state index contributed by atoms with van der Waals surface area (Å²) in [6.07, 6.45) is 0. The maximum Gasteiger partial charge on any atom is 0.270 e. The van der Waals surface area contributed by atoms with Crippen molar-refractivity contribution in [2.24, 2.45) is 5.92 Å². The summed E-state index contributed by atoms with van der Waals surface area (Å²) < 4.78 is 27.4. The third kappa shape index (κ3) is 5.47. The average molecular weight is 460 g/mol. The van der Waals surface area contributed by atoms with Gasteiger partial charge in [-0.1, -0.05) is 26.0 Å². The first kappa shape index (κ1) is 22.4. The zero-order chi connectivity index (χ0) is 22.6. The van der Waals surface area contributed by atoms with Gasteiger partial charge in [0.15, 0.2) is 0 Å². The number of benzene rings is 2. The molecule has 162 valence electrons. The highest BCUT2D eigenvalue weighted by Gasteiger charge is 2.21. The molecule has 0 bridgehead atoms. The molecule has 8 nitrogen and oxygen atoms in total. The number of nitrogens with one attached hydrogen (secondary N) is 2. The molecule has 10 heteroatoms. The molecule has 2 N–H and O–H groups in total. The van der Waals surface area contributed by atoms with Gasteiger partial charge in [0, 0.05) is 28.3 Å². The Morgan fingerprint density at radius 2 is 1.77 bits per heavy atom. The monoisotopic (exact) mass is 459 g/mol. The van der Waals surface area contributed by atoms with Gasteiger partial charge in [-0.05, 0) is 47.7 Å². The lowest BCUT2D eigenvalue weighted by atomic mass is 10.0. The second kappa shape index (κ2) is 9.27. The molecule has 3 rings (SSSR count). The number of anilines is 1. The molecular formula is C21H21N3O5S2. The first-order valence-corrected chi connectivity index (χ1v) is 11.8. The Morgan fingerprint density at radius 1 is 1.06 bits per heavy atom. The third-order valence-electron chi connectivity index (χ3n) is 4.54. The highest BCUT2D eigenvalue weighted by atomic mass is 32.2. The van der Waals surface area contributed by atoms with E-state index in [1.807, 2.05) is 31.4 Å². The highest BCUT2D eigenvalue weighted by Crippen LogP contribution is 2.26. The smallest absolute Gasteiger partial charge is 0.270 e. The van der Waals surface area contributed by atoms with Crippen LogP contribution in [0.2, 0.25) is 0 Å². The fourth-order valence-corrected chi connectivity index (χ4v) is 4.97.